The van der Waals surface area contributed by atoms with Crippen molar-refractivity contribution in [2.75, 3.05) is 18.4 Å². The van der Waals surface area contributed by atoms with Crippen LogP contribution in [0.15, 0.2) is 12.1 Å². The highest BCUT2D eigenvalue weighted by atomic mass is 16.6. The SMILES string of the molecule is C.CC(=O)Nc1cc2c(cc1[N+](=O)[O-])C(N1CCCCC1)C(O)C(C)(C)O2. The van der Waals surface area contributed by atoms with Crippen molar-refractivity contribution in [1.82, 2.24) is 4.90 Å². The number of nitro benzene ring substituents is 1. The summed E-state index contributed by atoms with van der Waals surface area (Å²) in [6.45, 7) is 6.57. The lowest BCUT2D eigenvalue weighted by atomic mass is 9.84. The smallest absolute Gasteiger partial charge is 0.293 e. The molecule has 1 saturated heterocycles. The summed E-state index contributed by atoms with van der Waals surface area (Å²) < 4.78 is 5.96. The fourth-order valence-corrected chi connectivity index (χ4v) is 3.83. The molecule has 2 aliphatic heterocycles. The minimum atomic E-state index is -0.848. The Labute approximate surface area is 159 Å². The molecule has 27 heavy (non-hydrogen) atoms. The first-order valence-electron chi connectivity index (χ1n) is 8.92. The maximum atomic E-state index is 11.5. The molecule has 150 valence electrons. The highest BCUT2D eigenvalue weighted by Gasteiger charge is 2.46. The van der Waals surface area contributed by atoms with Gasteiger partial charge in [0.2, 0.25) is 5.91 Å². The van der Waals surface area contributed by atoms with E-state index in [4.69, 9.17) is 4.74 Å². The average molecular weight is 379 g/mol. The number of likely N-dealkylation sites (tertiary alicyclic amines) is 1. The van der Waals surface area contributed by atoms with Gasteiger partial charge in [0.1, 0.15) is 23.1 Å². The van der Waals surface area contributed by atoms with Gasteiger partial charge < -0.3 is 15.2 Å². The Hall–Kier alpha value is -2.19. The van der Waals surface area contributed by atoms with Crippen LogP contribution in [0.2, 0.25) is 0 Å². The molecule has 0 aromatic heterocycles. The maximum absolute atomic E-state index is 11.5. The summed E-state index contributed by atoms with van der Waals surface area (Å²) in [5.41, 5.74) is -0.347. The van der Waals surface area contributed by atoms with E-state index in [-0.39, 0.29) is 24.8 Å². The molecule has 0 bridgehead atoms. The van der Waals surface area contributed by atoms with E-state index < -0.39 is 22.5 Å². The van der Waals surface area contributed by atoms with E-state index in [2.05, 4.69) is 10.2 Å². The molecular formula is C19H29N3O5. The molecule has 2 N–H and O–H groups in total. The van der Waals surface area contributed by atoms with Crippen molar-refractivity contribution in [3.8, 4) is 5.75 Å². The monoisotopic (exact) mass is 379 g/mol. The number of rotatable bonds is 3. The van der Waals surface area contributed by atoms with Crippen LogP contribution in [-0.2, 0) is 4.79 Å². The molecule has 2 aliphatic rings. The van der Waals surface area contributed by atoms with Gasteiger partial charge in [0.25, 0.3) is 5.69 Å². The first-order chi connectivity index (χ1) is 12.2. The number of piperidine rings is 1. The molecule has 1 fully saturated rings. The van der Waals surface area contributed by atoms with Gasteiger partial charge in [-0.25, -0.2) is 0 Å². The van der Waals surface area contributed by atoms with Crippen LogP contribution in [0.3, 0.4) is 0 Å². The van der Waals surface area contributed by atoms with Crippen molar-refractivity contribution in [3.05, 3.63) is 27.8 Å². The Bertz CT molecular complexity index is 728. The van der Waals surface area contributed by atoms with E-state index in [1.165, 1.54) is 19.1 Å². The van der Waals surface area contributed by atoms with E-state index in [1.54, 1.807) is 13.8 Å². The number of hydrogen-bond donors (Lipinski definition) is 2. The van der Waals surface area contributed by atoms with Gasteiger partial charge in [-0.3, -0.25) is 19.8 Å². The minimum Gasteiger partial charge on any atom is -0.485 e. The number of ether oxygens (including phenoxy) is 1. The highest BCUT2D eigenvalue weighted by Crippen LogP contribution is 2.47. The lowest BCUT2D eigenvalue weighted by Gasteiger charge is -2.47. The Balaban J connectivity index is 0.00000261. The third-order valence-electron chi connectivity index (χ3n) is 5.12. The highest BCUT2D eigenvalue weighted by molar-refractivity contribution is 5.92. The molecule has 1 amide bonds. The molecule has 0 saturated carbocycles. The molecule has 2 heterocycles. The first kappa shape index (κ1) is 21.1. The molecule has 0 aliphatic carbocycles. The second-order valence-electron chi connectivity index (χ2n) is 7.54. The van der Waals surface area contributed by atoms with E-state index in [1.807, 2.05) is 0 Å². The average Bonchev–Trinajstić information content (AvgIpc) is 2.55. The Morgan fingerprint density at radius 1 is 1.33 bits per heavy atom. The zero-order chi connectivity index (χ0) is 19.1. The molecule has 1 aromatic rings. The second-order valence-corrected chi connectivity index (χ2v) is 7.54. The van der Waals surface area contributed by atoms with Gasteiger partial charge in [-0.05, 0) is 39.8 Å². The van der Waals surface area contributed by atoms with E-state index in [0.717, 1.165) is 32.4 Å². The summed E-state index contributed by atoms with van der Waals surface area (Å²) in [4.78, 5) is 24.6. The van der Waals surface area contributed by atoms with Crippen LogP contribution in [0.1, 0.15) is 59.1 Å². The van der Waals surface area contributed by atoms with Crippen molar-refractivity contribution >= 4 is 17.3 Å². The number of hydrogen-bond acceptors (Lipinski definition) is 6. The van der Waals surface area contributed by atoms with Gasteiger partial charge in [-0.1, -0.05) is 13.8 Å². The fraction of sp³-hybridized carbons (Fsp3) is 0.632. The summed E-state index contributed by atoms with van der Waals surface area (Å²) in [6, 6.07) is 2.55. The van der Waals surface area contributed by atoms with Gasteiger partial charge in [0.15, 0.2) is 0 Å². The first-order valence-corrected chi connectivity index (χ1v) is 8.92. The van der Waals surface area contributed by atoms with Gasteiger partial charge in [0.05, 0.1) is 11.0 Å². The van der Waals surface area contributed by atoms with E-state index in [0.29, 0.717) is 11.3 Å². The summed E-state index contributed by atoms with van der Waals surface area (Å²) in [7, 11) is 0. The predicted octanol–water partition coefficient (Wildman–Crippen LogP) is 3.25. The summed E-state index contributed by atoms with van der Waals surface area (Å²) in [6.07, 6.45) is 2.39. The standard InChI is InChI=1S/C18H25N3O5.CH4/c1-11(22)19-13-10-15-12(9-14(13)21(24)25)16(17(23)18(2,3)26-15)20-7-5-4-6-8-20;/h9-10,16-17,23H,4-8H2,1-3H3,(H,19,22);1H4. The minimum absolute atomic E-state index is 0. The van der Waals surface area contributed by atoms with Crippen LogP contribution >= 0.6 is 0 Å². The normalized spacial score (nSPS) is 24.1. The van der Waals surface area contributed by atoms with E-state index >= 15 is 0 Å². The maximum Gasteiger partial charge on any atom is 0.293 e. The van der Waals surface area contributed by atoms with Crippen LogP contribution in [0.25, 0.3) is 0 Å². The summed E-state index contributed by atoms with van der Waals surface area (Å²) in [5.74, 6) is 0.0703. The Morgan fingerprint density at radius 3 is 2.52 bits per heavy atom. The van der Waals surface area contributed by atoms with Gasteiger partial charge in [-0.2, -0.15) is 0 Å². The molecule has 8 heteroatoms. The number of anilines is 1. The van der Waals surface area contributed by atoms with Crippen molar-refractivity contribution in [3.63, 3.8) is 0 Å². The molecule has 0 spiro atoms. The number of carbonyl (C=O) groups is 1. The molecule has 8 nitrogen and oxygen atoms in total. The predicted molar refractivity (Wildman–Crippen MR) is 103 cm³/mol. The number of carbonyl (C=O) groups excluding carboxylic acids is 1. The molecule has 2 atom stereocenters. The Morgan fingerprint density at radius 2 is 1.96 bits per heavy atom. The van der Waals surface area contributed by atoms with Gasteiger partial charge in [-0.15, -0.1) is 0 Å². The largest absolute Gasteiger partial charge is 0.485 e. The number of aliphatic hydroxyl groups excluding tert-OH is 1. The number of nitrogens with zero attached hydrogens (tertiary/aromatic N) is 2. The van der Waals surface area contributed by atoms with Crippen LogP contribution in [0.5, 0.6) is 5.75 Å². The zero-order valence-corrected chi connectivity index (χ0v) is 15.3. The van der Waals surface area contributed by atoms with E-state index in [9.17, 15) is 20.0 Å². The van der Waals surface area contributed by atoms with Crippen LogP contribution < -0.4 is 10.1 Å². The molecule has 0 radical (unpaired) electrons. The van der Waals surface area contributed by atoms with Crippen LogP contribution in [-0.4, -0.2) is 45.6 Å². The Kier molecular flexibility index (Phi) is 6.11. The van der Waals surface area contributed by atoms with Gasteiger partial charge in [0, 0.05) is 24.6 Å². The molecule has 1 aromatic carbocycles. The molecule has 3 rings (SSSR count). The van der Waals surface area contributed by atoms with Crippen LogP contribution in [0.4, 0.5) is 11.4 Å². The second kappa shape index (κ2) is 7.82. The van der Waals surface area contributed by atoms with Crippen molar-refractivity contribution < 1.29 is 19.6 Å². The number of nitrogens with one attached hydrogen (secondary N) is 1. The lowest BCUT2D eigenvalue weighted by molar-refractivity contribution is -0.384. The number of nitro groups is 1. The number of aliphatic hydroxyl groups is 1. The van der Waals surface area contributed by atoms with Crippen molar-refractivity contribution in [1.29, 1.82) is 0 Å². The number of benzene rings is 1. The summed E-state index contributed by atoms with van der Waals surface area (Å²) >= 11 is 0. The topological polar surface area (TPSA) is 105 Å². The van der Waals surface area contributed by atoms with Gasteiger partial charge >= 0.3 is 0 Å². The third kappa shape index (κ3) is 4.06. The molecule has 2 unspecified atom stereocenters. The fourth-order valence-electron chi connectivity index (χ4n) is 3.83. The number of amides is 1. The quantitative estimate of drug-likeness (QED) is 0.617. The van der Waals surface area contributed by atoms with Crippen LogP contribution in [0, 0.1) is 10.1 Å². The lowest BCUT2D eigenvalue weighted by Crippen LogP contribution is -2.54. The third-order valence-corrected chi connectivity index (χ3v) is 5.12. The summed E-state index contributed by atoms with van der Waals surface area (Å²) in [5, 5.41) is 25.0. The zero-order valence-electron chi connectivity index (χ0n) is 15.3. The number of fused-ring (bicyclic) bond motifs is 1. The van der Waals surface area contributed by atoms with Crippen molar-refractivity contribution in [2.24, 2.45) is 0 Å². The van der Waals surface area contributed by atoms with Crippen molar-refractivity contribution in [2.45, 2.75) is 65.2 Å². The molecular weight excluding hydrogens is 350 g/mol.